The van der Waals surface area contributed by atoms with Crippen molar-refractivity contribution in [3.05, 3.63) is 71.4 Å². The minimum atomic E-state index is -3.53. The van der Waals surface area contributed by atoms with Crippen LogP contribution >= 0.6 is 11.3 Å². The standard InChI is InChI=1S/C27H27N5O5S2/c1-16(2)39(35,36)21-10-6-9-20(12-21)26(34)28-14-24(33)32-27-31-23(15-38-27)19-8-5-7-18(11-19)22-13-25(37-4)30-17(3)29-22/h5-13,15-16H,14H2,1-4H3,(H,28,34)(H,31,32,33). The molecular weight excluding hydrogens is 538 g/mol. The molecule has 0 fully saturated rings. The number of rotatable bonds is 9. The highest BCUT2D eigenvalue weighted by molar-refractivity contribution is 7.92. The molecule has 4 rings (SSSR count). The molecule has 39 heavy (non-hydrogen) atoms. The summed E-state index contributed by atoms with van der Waals surface area (Å²) in [4.78, 5) is 38.2. The number of hydrogen-bond acceptors (Lipinski definition) is 9. The van der Waals surface area contributed by atoms with Gasteiger partial charge in [-0.25, -0.2) is 18.4 Å². The molecule has 0 atom stereocenters. The first-order valence-corrected chi connectivity index (χ1v) is 14.4. The lowest BCUT2D eigenvalue weighted by Gasteiger charge is -2.10. The predicted octanol–water partition coefficient (Wildman–Crippen LogP) is 4.13. The number of ether oxygens (including phenoxy) is 1. The van der Waals surface area contributed by atoms with Gasteiger partial charge in [0.05, 0.1) is 35.2 Å². The normalized spacial score (nSPS) is 11.3. The van der Waals surface area contributed by atoms with E-state index in [-0.39, 0.29) is 17.0 Å². The molecule has 0 bridgehead atoms. The number of aryl methyl sites for hydroxylation is 1. The highest BCUT2D eigenvalue weighted by atomic mass is 32.2. The van der Waals surface area contributed by atoms with Crippen molar-refractivity contribution in [1.82, 2.24) is 20.3 Å². The number of nitrogens with zero attached hydrogens (tertiary/aromatic N) is 3. The summed E-state index contributed by atoms with van der Waals surface area (Å²) in [5.74, 6) is 0.0439. The Morgan fingerprint density at radius 1 is 0.974 bits per heavy atom. The van der Waals surface area contributed by atoms with Crippen LogP contribution in [-0.2, 0) is 14.6 Å². The number of hydrogen-bond donors (Lipinski definition) is 2. The number of thiazole rings is 1. The van der Waals surface area contributed by atoms with Crippen LogP contribution in [0, 0.1) is 6.92 Å². The molecule has 202 valence electrons. The van der Waals surface area contributed by atoms with E-state index in [1.807, 2.05) is 29.6 Å². The Bertz CT molecular complexity index is 1630. The Morgan fingerprint density at radius 3 is 2.41 bits per heavy atom. The number of methoxy groups -OCH3 is 1. The first-order chi connectivity index (χ1) is 18.6. The third-order valence-corrected chi connectivity index (χ3v) is 8.59. The average Bonchev–Trinajstić information content (AvgIpc) is 3.39. The Kier molecular flexibility index (Phi) is 8.36. The van der Waals surface area contributed by atoms with E-state index in [1.54, 1.807) is 33.9 Å². The monoisotopic (exact) mass is 565 g/mol. The Labute approximate surface area is 230 Å². The third-order valence-electron chi connectivity index (χ3n) is 5.68. The molecule has 0 saturated carbocycles. The van der Waals surface area contributed by atoms with Crippen LogP contribution in [-0.4, -0.2) is 54.1 Å². The zero-order valence-electron chi connectivity index (χ0n) is 21.8. The second kappa shape index (κ2) is 11.7. The number of carbonyl (C=O) groups is 2. The van der Waals surface area contributed by atoms with Crippen LogP contribution < -0.4 is 15.4 Å². The van der Waals surface area contributed by atoms with Crippen LogP contribution in [0.2, 0.25) is 0 Å². The van der Waals surface area contributed by atoms with Crippen LogP contribution in [0.5, 0.6) is 5.88 Å². The topological polar surface area (TPSA) is 140 Å². The number of nitrogens with one attached hydrogen (secondary N) is 2. The molecule has 2 heterocycles. The number of sulfone groups is 1. The molecule has 0 aliphatic heterocycles. The maximum Gasteiger partial charge on any atom is 0.251 e. The van der Waals surface area contributed by atoms with Gasteiger partial charge in [0, 0.05) is 28.1 Å². The van der Waals surface area contributed by atoms with Crippen LogP contribution in [0.3, 0.4) is 0 Å². The third kappa shape index (κ3) is 6.65. The predicted molar refractivity (Wildman–Crippen MR) is 150 cm³/mol. The summed E-state index contributed by atoms with van der Waals surface area (Å²) in [6.07, 6.45) is 0. The number of aromatic nitrogens is 3. The van der Waals surface area contributed by atoms with E-state index in [0.29, 0.717) is 28.2 Å². The summed E-state index contributed by atoms with van der Waals surface area (Å²) in [5, 5.41) is 6.77. The van der Waals surface area contributed by atoms with Gasteiger partial charge < -0.3 is 15.4 Å². The van der Waals surface area contributed by atoms with Crippen molar-refractivity contribution >= 4 is 38.1 Å². The zero-order valence-corrected chi connectivity index (χ0v) is 23.4. The minimum absolute atomic E-state index is 0.0583. The molecule has 0 spiro atoms. The zero-order chi connectivity index (χ0) is 28.2. The van der Waals surface area contributed by atoms with Gasteiger partial charge in [0.25, 0.3) is 5.91 Å². The maximum absolute atomic E-state index is 12.5. The van der Waals surface area contributed by atoms with E-state index in [0.717, 1.165) is 11.1 Å². The minimum Gasteiger partial charge on any atom is -0.481 e. The van der Waals surface area contributed by atoms with E-state index in [4.69, 9.17) is 4.74 Å². The number of carbonyl (C=O) groups excluding carboxylic acids is 2. The van der Waals surface area contributed by atoms with Crippen LogP contribution in [0.4, 0.5) is 5.13 Å². The van der Waals surface area contributed by atoms with E-state index in [1.165, 1.54) is 35.6 Å². The fourth-order valence-electron chi connectivity index (χ4n) is 3.61. The van der Waals surface area contributed by atoms with Gasteiger partial charge in [-0.15, -0.1) is 11.3 Å². The van der Waals surface area contributed by atoms with Crippen LogP contribution in [0.1, 0.15) is 30.0 Å². The molecule has 2 aromatic heterocycles. The SMILES string of the molecule is COc1cc(-c2cccc(-c3csc(NC(=O)CNC(=O)c4cccc(S(=O)(=O)C(C)C)c4)n3)c2)nc(C)n1. The molecular formula is C27H27N5O5S2. The van der Waals surface area contributed by atoms with Crippen molar-refractivity contribution in [3.63, 3.8) is 0 Å². The lowest BCUT2D eigenvalue weighted by atomic mass is 10.1. The summed E-state index contributed by atoms with van der Waals surface area (Å²) in [6, 6.07) is 15.2. The summed E-state index contributed by atoms with van der Waals surface area (Å²) in [6.45, 7) is 4.63. The quantitative estimate of drug-likeness (QED) is 0.309. The highest BCUT2D eigenvalue weighted by Gasteiger charge is 2.20. The van der Waals surface area contributed by atoms with Crippen molar-refractivity contribution in [2.75, 3.05) is 19.0 Å². The van der Waals surface area contributed by atoms with Crippen molar-refractivity contribution in [2.45, 2.75) is 30.9 Å². The second-order valence-corrected chi connectivity index (χ2v) is 12.2. The van der Waals surface area contributed by atoms with Gasteiger partial charge >= 0.3 is 0 Å². The summed E-state index contributed by atoms with van der Waals surface area (Å²) in [7, 11) is -1.98. The van der Waals surface area contributed by atoms with E-state index in [9.17, 15) is 18.0 Å². The molecule has 0 aliphatic rings. The largest absolute Gasteiger partial charge is 0.481 e. The average molecular weight is 566 g/mol. The Balaban J connectivity index is 1.40. The van der Waals surface area contributed by atoms with Gasteiger partial charge in [-0.1, -0.05) is 24.3 Å². The van der Waals surface area contributed by atoms with Crippen molar-refractivity contribution < 1.29 is 22.7 Å². The van der Waals surface area contributed by atoms with Gasteiger partial charge in [0.2, 0.25) is 11.8 Å². The molecule has 0 saturated heterocycles. The van der Waals surface area contributed by atoms with Gasteiger partial charge in [-0.3, -0.25) is 9.59 Å². The fourth-order valence-corrected chi connectivity index (χ4v) is 5.45. The van der Waals surface area contributed by atoms with Gasteiger partial charge in [-0.2, -0.15) is 4.98 Å². The lowest BCUT2D eigenvalue weighted by molar-refractivity contribution is -0.115. The molecule has 0 aliphatic carbocycles. The number of amides is 2. The van der Waals surface area contributed by atoms with Crippen LogP contribution in [0.15, 0.2) is 64.9 Å². The van der Waals surface area contributed by atoms with Crippen LogP contribution in [0.25, 0.3) is 22.5 Å². The number of anilines is 1. The van der Waals surface area contributed by atoms with Gasteiger partial charge in [-0.05, 0) is 45.0 Å². The van der Waals surface area contributed by atoms with Gasteiger partial charge in [0.1, 0.15) is 5.82 Å². The van der Waals surface area contributed by atoms with E-state index < -0.39 is 26.9 Å². The van der Waals surface area contributed by atoms with Crippen molar-refractivity contribution in [3.8, 4) is 28.4 Å². The molecule has 10 nitrogen and oxygen atoms in total. The second-order valence-electron chi connectivity index (χ2n) is 8.81. The summed E-state index contributed by atoms with van der Waals surface area (Å²) < 4.78 is 30.0. The molecule has 2 amide bonds. The van der Waals surface area contributed by atoms with Crippen molar-refractivity contribution in [2.24, 2.45) is 0 Å². The highest BCUT2D eigenvalue weighted by Crippen LogP contribution is 2.29. The van der Waals surface area contributed by atoms with Gasteiger partial charge in [0.15, 0.2) is 15.0 Å². The Hall–Kier alpha value is -4.16. The molecule has 0 unspecified atom stereocenters. The lowest BCUT2D eigenvalue weighted by Crippen LogP contribution is -2.33. The molecule has 0 radical (unpaired) electrons. The summed E-state index contributed by atoms with van der Waals surface area (Å²) in [5.41, 5.74) is 3.24. The molecule has 2 aromatic carbocycles. The van der Waals surface area contributed by atoms with E-state index >= 15 is 0 Å². The molecule has 12 heteroatoms. The first-order valence-electron chi connectivity index (χ1n) is 11.9. The van der Waals surface area contributed by atoms with Crippen molar-refractivity contribution in [1.29, 1.82) is 0 Å². The fraction of sp³-hybridized carbons (Fsp3) is 0.222. The number of benzene rings is 2. The first kappa shape index (κ1) is 27.9. The summed E-state index contributed by atoms with van der Waals surface area (Å²) >= 11 is 1.25. The smallest absolute Gasteiger partial charge is 0.251 e. The molecule has 2 N–H and O–H groups in total. The molecule has 4 aromatic rings. The van der Waals surface area contributed by atoms with E-state index in [2.05, 4.69) is 25.6 Å². The Morgan fingerprint density at radius 2 is 1.69 bits per heavy atom. The maximum atomic E-state index is 12.5.